The van der Waals surface area contributed by atoms with Crippen molar-refractivity contribution >= 4 is 22.7 Å². The Morgan fingerprint density at radius 3 is 2.68 bits per heavy atom. The van der Waals surface area contributed by atoms with Crippen LogP contribution in [0.4, 0.5) is 4.39 Å². The highest BCUT2D eigenvalue weighted by Crippen LogP contribution is 2.22. The lowest BCUT2D eigenvalue weighted by Gasteiger charge is -2.14. The molecule has 2 aromatic carbocycles. The first-order chi connectivity index (χ1) is 13.6. The predicted molar refractivity (Wildman–Crippen MR) is 102 cm³/mol. The number of hydrogen-bond donors (Lipinski definition) is 2. The van der Waals surface area contributed by atoms with Gasteiger partial charge in [-0.2, -0.15) is 0 Å². The highest BCUT2D eigenvalue weighted by atomic mass is 19.1. The Morgan fingerprint density at radius 1 is 1.11 bits per heavy atom. The smallest absolute Gasteiger partial charge is 0.286 e. The van der Waals surface area contributed by atoms with Crippen molar-refractivity contribution in [2.24, 2.45) is 0 Å². The van der Waals surface area contributed by atoms with Gasteiger partial charge in [-0.15, -0.1) is 0 Å². The summed E-state index contributed by atoms with van der Waals surface area (Å²) in [6, 6.07) is 15.7. The Kier molecular flexibility index (Phi) is 5.08. The molecule has 3 aromatic rings. The van der Waals surface area contributed by atoms with Gasteiger partial charge in [-0.25, -0.2) is 4.39 Å². The van der Waals surface area contributed by atoms with Gasteiger partial charge in [0.15, 0.2) is 0 Å². The summed E-state index contributed by atoms with van der Waals surface area (Å²) in [6.45, 7) is 0.742. The molecule has 0 radical (unpaired) electrons. The van der Waals surface area contributed by atoms with Crippen LogP contribution in [0.15, 0.2) is 54.6 Å². The second-order valence-corrected chi connectivity index (χ2v) is 6.71. The van der Waals surface area contributed by atoms with Gasteiger partial charge in [0.05, 0.1) is 6.54 Å². The second-order valence-electron chi connectivity index (χ2n) is 6.71. The molecule has 0 aliphatic carbocycles. The number of amides is 2. The Bertz CT molecular complexity index is 1020. The zero-order valence-electron chi connectivity index (χ0n) is 15.2. The first kappa shape index (κ1) is 18.2. The van der Waals surface area contributed by atoms with E-state index >= 15 is 0 Å². The zero-order chi connectivity index (χ0) is 19.5. The fraction of sp³-hybridized carbons (Fsp3) is 0.238. The van der Waals surface area contributed by atoms with Crippen LogP contribution in [0.3, 0.4) is 0 Å². The average molecular weight is 381 g/mol. The lowest BCUT2D eigenvalue weighted by Crippen LogP contribution is -2.46. The van der Waals surface area contributed by atoms with Crippen molar-refractivity contribution in [3.05, 3.63) is 71.7 Å². The van der Waals surface area contributed by atoms with E-state index in [2.05, 4.69) is 10.9 Å². The number of hydrogen-bond acceptors (Lipinski definition) is 3. The summed E-state index contributed by atoms with van der Waals surface area (Å²) < 4.78 is 21.2. The lowest BCUT2D eigenvalue weighted by molar-refractivity contribution is -0.130. The van der Waals surface area contributed by atoms with E-state index in [4.69, 9.17) is 4.74 Å². The number of fused-ring (bicyclic) bond motifs is 1. The fourth-order valence-electron chi connectivity index (χ4n) is 3.41. The van der Waals surface area contributed by atoms with Gasteiger partial charge in [-0.1, -0.05) is 36.4 Å². The van der Waals surface area contributed by atoms with Crippen molar-refractivity contribution in [3.8, 4) is 0 Å². The minimum absolute atomic E-state index is 0.197. The molecule has 0 bridgehead atoms. The van der Waals surface area contributed by atoms with E-state index < -0.39 is 12.0 Å². The molecule has 2 amide bonds. The van der Waals surface area contributed by atoms with Gasteiger partial charge in [-0.3, -0.25) is 20.4 Å². The number of hydrazine groups is 1. The predicted octanol–water partition coefficient (Wildman–Crippen LogP) is 2.77. The van der Waals surface area contributed by atoms with Crippen molar-refractivity contribution in [3.63, 3.8) is 0 Å². The molecule has 2 N–H and O–H groups in total. The summed E-state index contributed by atoms with van der Waals surface area (Å²) in [7, 11) is 0. The second kappa shape index (κ2) is 7.82. The standard InChI is InChI=1S/C21H20FN3O3/c22-16-8-3-1-7-15(16)13-25-17-9-4-2-6-14(17)12-18(25)20(26)23-24-21(27)19-10-5-11-28-19/h1-4,6-9,12,19H,5,10-11,13H2,(H,23,26)(H,24,27). The Morgan fingerprint density at radius 2 is 1.89 bits per heavy atom. The normalized spacial score (nSPS) is 16.2. The molecule has 1 aliphatic rings. The molecule has 1 unspecified atom stereocenters. The molecule has 144 valence electrons. The third-order valence-electron chi connectivity index (χ3n) is 4.85. The van der Waals surface area contributed by atoms with Crippen molar-refractivity contribution in [2.75, 3.05) is 6.61 Å². The summed E-state index contributed by atoms with van der Waals surface area (Å²) >= 11 is 0. The number of ether oxygens (including phenoxy) is 1. The van der Waals surface area contributed by atoms with Crippen molar-refractivity contribution in [1.82, 2.24) is 15.4 Å². The molecule has 28 heavy (non-hydrogen) atoms. The van der Waals surface area contributed by atoms with Crippen LogP contribution < -0.4 is 10.9 Å². The fourth-order valence-corrected chi connectivity index (χ4v) is 3.41. The first-order valence-corrected chi connectivity index (χ1v) is 9.17. The Labute approximate surface area is 161 Å². The van der Waals surface area contributed by atoms with Gasteiger partial charge in [0.1, 0.15) is 17.6 Å². The van der Waals surface area contributed by atoms with Gasteiger partial charge in [0.2, 0.25) is 0 Å². The number of nitrogens with one attached hydrogen (secondary N) is 2. The maximum absolute atomic E-state index is 14.2. The molecule has 1 aliphatic heterocycles. The molecule has 1 saturated heterocycles. The summed E-state index contributed by atoms with van der Waals surface area (Å²) in [5.74, 6) is -1.18. The summed E-state index contributed by atoms with van der Waals surface area (Å²) in [4.78, 5) is 24.8. The van der Waals surface area contributed by atoms with Crippen LogP contribution in [0.1, 0.15) is 28.9 Å². The minimum atomic E-state index is -0.537. The number of carbonyl (C=O) groups is 2. The van der Waals surface area contributed by atoms with Gasteiger partial charge < -0.3 is 9.30 Å². The van der Waals surface area contributed by atoms with Crippen LogP contribution in [0.5, 0.6) is 0 Å². The summed E-state index contributed by atoms with van der Waals surface area (Å²) in [5.41, 5.74) is 6.47. The third kappa shape index (κ3) is 3.61. The number of carbonyl (C=O) groups excluding carboxylic acids is 2. The zero-order valence-corrected chi connectivity index (χ0v) is 15.2. The van der Waals surface area contributed by atoms with E-state index in [1.807, 2.05) is 24.3 Å². The van der Waals surface area contributed by atoms with E-state index in [0.29, 0.717) is 24.3 Å². The Balaban J connectivity index is 1.59. The van der Waals surface area contributed by atoms with Crippen molar-refractivity contribution in [2.45, 2.75) is 25.5 Å². The lowest BCUT2D eigenvalue weighted by atomic mass is 10.2. The highest BCUT2D eigenvalue weighted by molar-refractivity contribution is 5.99. The van der Waals surface area contributed by atoms with Crippen molar-refractivity contribution in [1.29, 1.82) is 0 Å². The van der Waals surface area contributed by atoms with E-state index in [1.165, 1.54) is 6.07 Å². The molecular formula is C21H20FN3O3. The summed E-state index contributed by atoms with van der Waals surface area (Å²) in [5, 5.41) is 0.856. The third-order valence-corrected chi connectivity index (χ3v) is 4.85. The molecular weight excluding hydrogens is 361 g/mol. The highest BCUT2D eigenvalue weighted by Gasteiger charge is 2.24. The van der Waals surface area contributed by atoms with E-state index in [-0.39, 0.29) is 18.3 Å². The monoisotopic (exact) mass is 381 g/mol. The minimum Gasteiger partial charge on any atom is -0.368 e. The molecule has 0 saturated carbocycles. The largest absolute Gasteiger partial charge is 0.368 e. The van der Waals surface area contributed by atoms with E-state index in [9.17, 15) is 14.0 Å². The number of benzene rings is 2. The number of rotatable bonds is 4. The van der Waals surface area contributed by atoms with Crippen LogP contribution in [0.25, 0.3) is 10.9 Å². The average Bonchev–Trinajstić information content (AvgIpc) is 3.36. The van der Waals surface area contributed by atoms with Crippen LogP contribution >= 0.6 is 0 Å². The number of aromatic nitrogens is 1. The molecule has 6 nitrogen and oxygen atoms in total. The first-order valence-electron chi connectivity index (χ1n) is 9.17. The number of para-hydroxylation sites is 1. The van der Waals surface area contributed by atoms with Crippen LogP contribution in [0, 0.1) is 5.82 Å². The van der Waals surface area contributed by atoms with Gasteiger partial charge in [0.25, 0.3) is 11.8 Å². The van der Waals surface area contributed by atoms with Gasteiger partial charge in [-0.05, 0) is 31.0 Å². The number of nitrogens with zero attached hydrogens (tertiary/aromatic N) is 1. The van der Waals surface area contributed by atoms with E-state index in [1.54, 1.807) is 28.8 Å². The summed E-state index contributed by atoms with van der Waals surface area (Å²) in [6.07, 6.45) is 0.919. The molecule has 1 fully saturated rings. The molecule has 1 aromatic heterocycles. The van der Waals surface area contributed by atoms with Crippen LogP contribution in [-0.4, -0.2) is 29.1 Å². The molecule has 2 heterocycles. The van der Waals surface area contributed by atoms with Crippen molar-refractivity contribution < 1.29 is 18.7 Å². The van der Waals surface area contributed by atoms with E-state index in [0.717, 1.165) is 17.3 Å². The number of halogens is 1. The van der Waals surface area contributed by atoms with Gasteiger partial charge in [0, 0.05) is 23.1 Å². The maximum atomic E-state index is 14.2. The molecule has 7 heteroatoms. The quantitative estimate of drug-likeness (QED) is 0.683. The van der Waals surface area contributed by atoms with Crippen LogP contribution in [0.2, 0.25) is 0 Å². The Hall–Kier alpha value is -3.19. The van der Waals surface area contributed by atoms with Crippen LogP contribution in [-0.2, 0) is 16.1 Å². The van der Waals surface area contributed by atoms with Gasteiger partial charge >= 0.3 is 0 Å². The molecule has 1 atom stereocenters. The SMILES string of the molecule is O=C(NNC(=O)C1CCCO1)c1cc2ccccc2n1Cc1ccccc1F. The maximum Gasteiger partial charge on any atom is 0.286 e. The topological polar surface area (TPSA) is 72.4 Å². The molecule has 4 rings (SSSR count). The molecule has 0 spiro atoms.